The maximum Gasteiger partial charge on any atom is 0.255 e. The maximum absolute atomic E-state index is 13.9. The van der Waals surface area contributed by atoms with Gasteiger partial charge in [-0.1, -0.05) is 0 Å². The summed E-state index contributed by atoms with van der Waals surface area (Å²) in [6, 6.07) is 3.31. The highest BCUT2D eigenvalue weighted by atomic mass is 19.2. The predicted octanol–water partition coefficient (Wildman–Crippen LogP) is 3.85. The van der Waals surface area contributed by atoms with Gasteiger partial charge in [0.25, 0.3) is 5.91 Å². The third-order valence-electron chi connectivity index (χ3n) is 6.22. The van der Waals surface area contributed by atoms with E-state index in [9.17, 15) is 18.0 Å². The Labute approximate surface area is 187 Å². The Kier molecular flexibility index (Phi) is 4.77. The SMILES string of the molecule is Cc1cc(C(=O)N2CCc3c(nn(C)c3-c3cc(F)c(F)c(F)c3)[C@@H]2C)c2cnn(C)c2n1. The summed E-state index contributed by atoms with van der Waals surface area (Å²) in [7, 11) is 3.44. The van der Waals surface area contributed by atoms with Gasteiger partial charge in [-0.3, -0.25) is 14.2 Å². The van der Waals surface area contributed by atoms with Crippen LogP contribution in [0.25, 0.3) is 22.3 Å². The Hall–Kier alpha value is -3.69. The number of pyridine rings is 1. The molecule has 4 heterocycles. The molecule has 7 nitrogen and oxygen atoms in total. The average Bonchev–Trinajstić information content (AvgIpc) is 3.31. The van der Waals surface area contributed by atoms with E-state index in [1.165, 1.54) is 4.68 Å². The van der Waals surface area contributed by atoms with Gasteiger partial charge in [0.1, 0.15) is 0 Å². The molecule has 0 saturated carbocycles. The van der Waals surface area contributed by atoms with Gasteiger partial charge in [-0.2, -0.15) is 10.2 Å². The lowest BCUT2D eigenvalue weighted by Gasteiger charge is -2.33. The lowest BCUT2D eigenvalue weighted by atomic mass is 9.94. The zero-order valence-electron chi connectivity index (χ0n) is 18.5. The highest BCUT2D eigenvalue weighted by molar-refractivity contribution is 6.05. The van der Waals surface area contributed by atoms with Crippen molar-refractivity contribution in [3.05, 3.63) is 64.4 Å². The van der Waals surface area contributed by atoms with E-state index in [0.717, 1.165) is 17.7 Å². The van der Waals surface area contributed by atoms with Crippen molar-refractivity contribution in [1.82, 2.24) is 29.4 Å². The molecule has 1 aliphatic heterocycles. The van der Waals surface area contributed by atoms with Crippen LogP contribution in [0.5, 0.6) is 0 Å². The summed E-state index contributed by atoms with van der Waals surface area (Å²) in [6.07, 6.45) is 2.07. The highest BCUT2D eigenvalue weighted by Crippen LogP contribution is 2.37. The molecule has 0 N–H and O–H groups in total. The Morgan fingerprint density at radius 3 is 2.48 bits per heavy atom. The van der Waals surface area contributed by atoms with Crippen molar-refractivity contribution < 1.29 is 18.0 Å². The van der Waals surface area contributed by atoms with E-state index < -0.39 is 17.5 Å². The van der Waals surface area contributed by atoms with Crippen LogP contribution in [0.1, 0.15) is 40.3 Å². The first kappa shape index (κ1) is 21.2. The summed E-state index contributed by atoms with van der Waals surface area (Å²) in [5.74, 6) is -4.18. The number of aromatic nitrogens is 5. The molecule has 0 radical (unpaired) electrons. The van der Waals surface area contributed by atoms with Gasteiger partial charge in [0, 0.05) is 37.5 Å². The summed E-state index contributed by atoms with van der Waals surface area (Å²) in [6.45, 7) is 4.08. The fraction of sp³-hybridized carbons (Fsp3) is 0.304. The topological polar surface area (TPSA) is 68.8 Å². The first-order chi connectivity index (χ1) is 15.7. The van der Waals surface area contributed by atoms with Crippen molar-refractivity contribution in [2.24, 2.45) is 14.1 Å². The first-order valence-electron chi connectivity index (χ1n) is 10.5. The molecule has 0 fully saturated rings. The number of nitrogens with zero attached hydrogens (tertiary/aromatic N) is 6. The van der Waals surface area contributed by atoms with Gasteiger partial charge in [-0.05, 0) is 38.5 Å². The van der Waals surface area contributed by atoms with Crippen molar-refractivity contribution in [1.29, 1.82) is 0 Å². The minimum absolute atomic E-state index is 0.164. The lowest BCUT2D eigenvalue weighted by molar-refractivity contribution is 0.0675. The molecule has 10 heteroatoms. The number of rotatable bonds is 2. The van der Waals surface area contributed by atoms with Gasteiger partial charge in [0.2, 0.25) is 0 Å². The average molecular weight is 454 g/mol. The summed E-state index contributed by atoms with van der Waals surface area (Å²) < 4.78 is 44.4. The smallest absolute Gasteiger partial charge is 0.255 e. The Balaban J connectivity index is 1.55. The molecule has 0 bridgehead atoms. The van der Waals surface area contributed by atoms with Gasteiger partial charge in [-0.15, -0.1) is 0 Å². The fourth-order valence-corrected chi connectivity index (χ4v) is 4.65. The second-order valence-corrected chi connectivity index (χ2v) is 8.33. The second-order valence-electron chi connectivity index (χ2n) is 8.33. The fourth-order valence-electron chi connectivity index (χ4n) is 4.65. The minimum atomic E-state index is -1.51. The monoisotopic (exact) mass is 454 g/mol. The molecular weight excluding hydrogens is 433 g/mol. The molecule has 1 aliphatic rings. The van der Waals surface area contributed by atoms with E-state index in [0.29, 0.717) is 46.6 Å². The van der Waals surface area contributed by atoms with Gasteiger partial charge in [0.05, 0.1) is 34.6 Å². The van der Waals surface area contributed by atoms with Crippen LogP contribution in [0.15, 0.2) is 24.4 Å². The standard InChI is InChI=1S/C23H21F3N6O/c1-11-7-15(16-10-27-31(4)22(16)28-11)23(33)32-6-5-14-20(12(32)2)29-30(3)21(14)13-8-17(24)19(26)18(25)9-13/h7-10,12H,5-6H2,1-4H3/t12-/m0/s1. The minimum Gasteiger partial charge on any atom is -0.330 e. The number of carbonyl (C=O) groups excluding carboxylic acids is 1. The van der Waals surface area contributed by atoms with Crippen LogP contribution in [0.3, 0.4) is 0 Å². The van der Waals surface area contributed by atoms with Gasteiger partial charge < -0.3 is 4.90 Å². The third-order valence-corrected chi connectivity index (χ3v) is 6.22. The van der Waals surface area contributed by atoms with Gasteiger partial charge in [-0.25, -0.2) is 18.2 Å². The van der Waals surface area contributed by atoms with E-state index in [1.54, 1.807) is 35.9 Å². The van der Waals surface area contributed by atoms with Gasteiger partial charge >= 0.3 is 0 Å². The Morgan fingerprint density at radius 2 is 1.79 bits per heavy atom. The van der Waals surface area contributed by atoms with Crippen molar-refractivity contribution in [2.45, 2.75) is 26.3 Å². The number of fused-ring (bicyclic) bond motifs is 2. The van der Waals surface area contributed by atoms with E-state index in [-0.39, 0.29) is 17.5 Å². The molecule has 0 spiro atoms. The number of amides is 1. The largest absolute Gasteiger partial charge is 0.330 e. The summed E-state index contributed by atoms with van der Waals surface area (Å²) in [5, 5.41) is 9.46. The van der Waals surface area contributed by atoms with E-state index in [4.69, 9.17) is 0 Å². The lowest BCUT2D eigenvalue weighted by Crippen LogP contribution is -2.39. The summed E-state index contributed by atoms with van der Waals surface area (Å²) in [4.78, 5) is 19.8. The quantitative estimate of drug-likeness (QED) is 0.432. The van der Waals surface area contributed by atoms with Crippen molar-refractivity contribution in [3.63, 3.8) is 0 Å². The number of hydrogen-bond donors (Lipinski definition) is 0. The molecule has 0 aliphatic carbocycles. The zero-order chi connectivity index (χ0) is 23.6. The number of aryl methyl sites for hydroxylation is 3. The van der Waals surface area contributed by atoms with Crippen molar-refractivity contribution >= 4 is 16.9 Å². The third kappa shape index (κ3) is 3.20. The van der Waals surface area contributed by atoms with Crippen LogP contribution in [-0.4, -0.2) is 41.9 Å². The maximum atomic E-state index is 13.9. The van der Waals surface area contributed by atoms with Gasteiger partial charge in [0.15, 0.2) is 23.1 Å². The molecule has 33 heavy (non-hydrogen) atoms. The number of hydrogen-bond acceptors (Lipinski definition) is 4. The summed E-state index contributed by atoms with van der Waals surface area (Å²) >= 11 is 0. The summed E-state index contributed by atoms with van der Waals surface area (Å²) in [5.41, 5.74) is 4.00. The first-order valence-corrected chi connectivity index (χ1v) is 10.5. The molecular formula is C23H21F3N6O. The molecule has 1 atom stereocenters. The number of halogens is 3. The number of carbonyl (C=O) groups is 1. The van der Waals surface area contributed by atoms with Crippen LogP contribution in [-0.2, 0) is 20.5 Å². The van der Waals surface area contributed by atoms with Crippen LogP contribution < -0.4 is 0 Å². The van der Waals surface area contributed by atoms with E-state index in [2.05, 4.69) is 15.2 Å². The molecule has 4 aromatic rings. The van der Waals surface area contributed by atoms with Crippen LogP contribution >= 0.6 is 0 Å². The van der Waals surface area contributed by atoms with Crippen molar-refractivity contribution in [2.75, 3.05) is 6.54 Å². The molecule has 1 amide bonds. The van der Waals surface area contributed by atoms with E-state index in [1.807, 2.05) is 13.8 Å². The molecule has 1 aromatic carbocycles. The normalized spacial score (nSPS) is 15.8. The second kappa shape index (κ2) is 7.43. The number of benzene rings is 1. The van der Waals surface area contributed by atoms with Crippen LogP contribution in [0, 0.1) is 24.4 Å². The molecule has 170 valence electrons. The molecule has 5 rings (SSSR count). The van der Waals surface area contributed by atoms with Crippen molar-refractivity contribution in [3.8, 4) is 11.3 Å². The predicted molar refractivity (Wildman–Crippen MR) is 115 cm³/mol. The highest BCUT2D eigenvalue weighted by Gasteiger charge is 2.34. The zero-order valence-corrected chi connectivity index (χ0v) is 18.5. The molecule has 3 aromatic heterocycles. The van der Waals surface area contributed by atoms with Crippen LogP contribution in [0.2, 0.25) is 0 Å². The van der Waals surface area contributed by atoms with E-state index >= 15 is 0 Å². The van der Waals surface area contributed by atoms with Crippen LogP contribution in [0.4, 0.5) is 13.2 Å². The molecule has 0 saturated heterocycles. The molecule has 0 unspecified atom stereocenters. The Bertz CT molecular complexity index is 1420. The Morgan fingerprint density at radius 1 is 1.09 bits per heavy atom.